The smallest absolute Gasteiger partial charge is 0.293 e. The number of allylic oxidation sites excluding steroid dienone is 2. The van der Waals surface area contributed by atoms with E-state index in [0.29, 0.717) is 24.1 Å². The van der Waals surface area contributed by atoms with Crippen LogP contribution >= 0.6 is 0 Å². The lowest BCUT2D eigenvalue weighted by atomic mass is 9.98. The van der Waals surface area contributed by atoms with Crippen LogP contribution in [0.15, 0.2) is 41.2 Å². The summed E-state index contributed by atoms with van der Waals surface area (Å²) in [4.78, 5) is 27.2. The average Bonchev–Trinajstić information content (AvgIpc) is 2.99. The molecule has 3 heterocycles. The van der Waals surface area contributed by atoms with Gasteiger partial charge in [0.05, 0.1) is 11.4 Å². The number of hydrogen-bond donors (Lipinski definition) is 2. The number of fused-ring (bicyclic) bond motifs is 5. The number of nitrogens with zero attached hydrogens (tertiary/aromatic N) is 1. The number of aromatic hydroxyl groups is 1. The second-order valence-corrected chi connectivity index (χ2v) is 5.88. The number of aromatic nitrogens is 2. The molecule has 2 aromatic heterocycles. The number of aryl methyl sites for hydroxylation is 1. The maximum Gasteiger partial charge on any atom is 0.293 e. The molecule has 0 unspecified atom stereocenters. The third kappa shape index (κ3) is 1.88. The standard InChI is InChI=1S/C19H16N2O3/c1-2-11(10-22)14-9-16-17-13(7-8-21(16)19(24)18(14)23)12-5-3-4-6-15(12)20-17/h2-6,9-10,20,23H,7-8H2,1H3/b11-2-. The van der Waals surface area contributed by atoms with Gasteiger partial charge in [-0.3, -0.25) is 9.59 Å². The molecule has 5 heteroatoms. The van der Waals surface area contributed by atoms with Gasteiger partial charge in [-0.25, -0.2) is 0 Å². The van der Waals surface area contributed by atoms with Gasteiger partial charge in [0.1, 0.15) is 6.29 Å². The van der Waals surface area contributed by atoms with Gasteiger partial charge in [0.15, 0.2) is 5.75 Å². The largest absolute Gasteiger partial charge is 0.503 e. The van der Waals surface area contributed by atoms with Crippen LogP contribution < -0.4 is 5.56 Å². The van der Waals surface area contributed by atoms with E-state index in [9.17, 15) is 14.7 Å². The van der Waals surface area contributed by atoms with Gasteiger partial charge in [-0.05, 0) is 31.0 Å². The second kappa shape index (κ2) is 5.23. The molecule has 0 radical (unpaired) electrons. The minimum atomic E-state index is -0.465. The Labute approximate surface area is 137 Å². The first-order valence-corrected chi connectivity index (χ1v) is 7.84. The summed E-state index contributed by atoms with van der Waals surface area (Å²) in [6.07, 6.45) is 2.96. The molecule has 4 rings (SSSR count). The van der Waals surface area contributed by atoms with Crippen LogP contribution in [0, 0.1) is 0 Å². The molecule has 0 amide bonds. The van der Waals surface area contributed by atoms with Crippen molar-refractivity contribution in [2.45, 2.75) is 19.9 Å². The van der Waals surface area contributed by atoms with E-state index in [-0.39, 0.29) is 11.3 Å². The predicted molar refractivity (Wildman–Crippen MR) is 93.1 cm³/mol. The van der Waals surface area contributed by atoms with Gasteiger partial charge in [-0.1, -0.05) is 24.3 Å². The molecular formula is C19H16N2O3. The summed E-state index contributed by atoms with van der Waals surface area (Å²) in [5.41, 5.74) is 3.86. The molecule has 0 aliphatic carbocycles. The summed E-state index contributed by atoms with van der Waals surface area (Å²) >= 11 is 0. The highest BCUT2D eigenvalue weighted by molar-refractivity contribution is 6.08. The monoisotopic (exact) mass is 320 g/mol. The van der Waals surface area contributed by atoms with Crippen molar-refractivity contribution in [1.82, 2.24) is 9.55 Å². The fraction of sp³-hybridized carbons (Fsp3) is 0.158. The Balaban J connectivity index is 2.07. The van der Waals surface area contributed by atoms with Crippen molar-refractivity contribution in [3.05, 3.63) is 57.9 Å². The number of carbonyl (C=O) groups is 1. The molecule has 5 nitrogen and oxygen atoms in total. The number of benzene rings is 1. The zero-order valence-electron chi connectivity index (χ0n) is 13.2. The number of hydrogen-bond acceptors (Lipinski definition) is 3. The van der Waals surface area contributed by atoms with Crippen LogP contribution in [0.5, 0.6) is 5.75 Å². The molecular weight excluding hydrogens is 304 g/mol. The third-order valence-corrected chi connectivity index (χ3v) is 4.68. The molecule has 1 aromatic carbocycles. The Morgan fingerprint density at radius 3 is 2.88 bits per heavy atom. The Bertz CT molecular complexity index is 1070. The normalized spacial score (nSPS) is 13.6. The molecule has 0 atom stereocenters. The highest BCUT2D eigenvalue weighted by Gasteiger charge is 2.24. The Kier molecular flexibility index (Phi) is 3.16. The molecule has 1 aliphatic heterocycles. The molecule has 0 fully saturated rings. The lowest BCUT2D eigenvalue weighted by Gasteiger charge is -2.20. The maximum absolute atomic E-state index is 12.6. The van der Waals surface area contributed by atoms with E-state index in [4.69, 9.17) is 0 Å². The highest BCUT2D eigenvalue weighted by atomic mass is 16.3. The first-order valence-electron chi connectivity index (χ1n) is 7.84. The zero-order valence-corrected chi connectivity index (χ0v) is 13.2. The second-order valence-electron chi connectivity index (χ2n) is 5.88. The number of carbonyl (C=O) groups excluding carboxylic acids is 1. The number of nitrogens with one attached hydrogen (secondary N) is 1. The van der Waals surface area contributed by atoms with Gasteiger partial charge >= 0.3 is 0 Å². The summed E-state index contributed by atoms with van der Waals surface area (Å²) in [7, 11) is 0. The van der Waals surface area contributed by atoms with Crippen LogP contribution in [-0.4, -0.2) is 20.9 Å². The molecule has 120 valence electrons. The molecule has 1 aliphatic rings. The van der Waals surface area contributed by atoms with Gasteiger partial charge < -0.3 is 14.7 Å². The van der Waals surface area contributed by atoms with Crippen LogP contribution in [-0.2, 0) is 17.8 Å². The number of aldehydes is 1. The summed E-state index contributed by atoms with van der Waals surface area (Å²) in [5.74, 6) is -0.376. The van der Waals surface area contributed by atoms with Gasteiger partial charge in [-0.15, -0.1) is 0 Å². The van der Waals surface area contributed by atoms with E-state index in [1.165, 1.54) is 0 Å². The third-order valence-electron chi connectivity index (χ3n) is 4.68. The van der Waals surface area contributed by atoms with Crippen LogP contribution in [0.25, 0.3) is 27.9 Å². The van der Waals surface area contributed by atoms with Crippen LogP contribution in [0.2, 0.25) is 0 Å². The fourth-order valence-corrected chi connectivity index (χ4v) is 3.47. The van der Waals surface area contributed by atoms with E-state index in [2.05, 4.69) is 11.1 Å². The molecule has 0 saturated heterocycles. The van der Waals surface area contributed by atoms with Crippen LogP contribution in [0.1, 0.15) is 18.1 Å². The summed E-state index contributed by atoms with van der Waals surface area (Å²) in [6, 6.07) is 9.73. The summed E-state index contributed by atoms with van der Waals surface area (Å²) < 4.78 is 1.56. The SMILES string of the molecule is C/C=C(/C=O)c1cc2n(c(=O)c1O)CCc1c-2[nH]c2ccccc12. The molecule has 3 aromatic rings. The Morgan fingerprint density at radius 2 is 2.12 bits per heavy atom. The van der Waals surface area contributed by atoms with E-state index < -0.39 is 5.56 Å². The van der Waals surface area contributed by atoms with E-state index in [1.54, 1.807) is 23.6 Å². The number of aromatic amines is 1. The molecule has 0 saturated carbocycles. The van der Waals surface area contributed by atoms with Crippen molar-refractivity contribution in [2.24, 2.45) is 0 Å². The number of H-pyrrole nitrogens is 1. The van der Waals surface area contributed by atoms with Gasteiger partial charge in [-0.2, -0.15) is 0 Å². The quantitative estimate of drug-likeness (QED) is 0.563. The van der Waals surface area contributed by atoms with Crippen molar-refractivity contribution in [3.63, 3.8) is 0 Å². The van der Waals surface area contributed by atoms with Crippen LogP contribution in [0.3, 0.4) is 0 Å². The topological polar surface area (TPSA) is 75.1 Å². The summed E-state index contributed by atoms with van der Waals surface area (Å²) in [6.45, 7) is 2.21. The number of pyridine rings is 1. The Hall–Kier alpha value is -3.08. The molecule has 2 N–H and O–H groups in total. The van der Waals surface area contributed by atoms with Crippen LogP contribution in [0.4, 0.5) is 0 Å². The van der Waals surface area contributed by atoms with E-state index in [0.717, 1.165) is 28.6 Å². The van der Waals surface area contributed by atoms with E-state index >= 15 is 0 Å². The molecule has 0 spiro atoms. The predicted octanol–water partition coefficient (Wildman–Crippen LogP) is 2.86. The van der Waals surface area contributed by atoms with Crippen molar-refractivity contribution in [3.8, 4) is 17.1 Å². The van der Waals surface area contributed by atoms with Crippen molar-refractivity contribution >= 4 is 22.8 Å². The van der Waals surface area contributed by atoms with Crippen molar-refractivity contribution < 1.29 is 9.90 Å². The fourth-order valence-electron chi connectivity index (χ4n) is 3.47. The Morgan fingerprint density at radius 1 is 1.33 bits per heavy atom. The maximum atomic E-state index is 12.6. The van der Waals surface area contributed by atoms with Crippen molar-refractivity contribution in [2.75, 3.05) is 0 Å². The first kappa shape index (κ1) is 14.5. The highest BCUT2D eigenvalue weighted by Crippen LogP contribution is 2.36. The van der Waals surface area contributed by atoms with Gasteiger partial charge in [0, 0.05) is 28.6 Å². The zero-order chi connectivity index (χ0) is 16.8. The minimum absolute atomic E-state index is 0.273. The number of para-hydroxylation sites is 1. The lowest BCUT2D eigenvalue weighted by molar-refractivity contribution is -0.103. The lowest BCUT2D eigenvalue weighted by Crippen LogP contribution is -2.26. The summed E-state index contributed by atoms with van der Waals surface area (Å²) in [5, 5.41) is 11.4. The molecule has 0 bridgehead atoms. The number of rotatable bonds is 2. The van der Waals surface area contributed by atoms with E-state index in [1.807, 2.05) is 18.2 Å². The molecule has 24 heavy (non-hydrogen) atoms. The van der Waals surface area contributed by atoms with Crippen molar-refractivity contribution in [1.29, 1.82) is 0 Å². The van der Waals surface area contributed by atoms with Gasteiger partial charge in [0.2, 0.25) is 0 Å². The average molecular weight is 320 g/mol. The van der Waals surface area contributed by atoms with Gasteiger partial charge in [0.25, 0.3) is 5.56 Å². The first-order chi connectivity index (χ1) is 11.7. The minimum Gasteiger partial charge on any atom is -0.503 e.